The lowest BCUT2D eigenvalue weighted by atomic mass is 10.1. The number of thiazole rings is 1. The molecular weight excluding hydrogens is 312 g/mol. The van der Waals surface area contributed by atoms with Gasteiger partial charge in [0, 0.05) is 5.56 Å². The van der Waals surface area contributed by atoms with E-state index in [1.165, 1.54) is 11.1 Å². The highest BCUT2D eigenvalue weighted by atomic mass is 32.1. The Morgan fingerprint density at radius 3 is 2.74 bits per heavy atom. The highest BCUT2D eigenvalue weighted by Crippen LogP contribution is 2.25. The van der Waals surface area contributed by atoms with E-state index in [9.17, 15) is 9.59 Å². The van der Waals surface area contributed by atoms with Crippen LogP contribution in [0.3, 0.4) is 0 Å². The number of nitrogens with zero attached hydrogens (tertiary/aromatic N) is 1. The van der Waals surface area contributed by atoms with Gasteiger partial charge < -0.3 is 10.4 Å². The van der Waals surface area contributed by atoms with Gasteiger partial charge in [0.25, 0.3) is 5.91 Å². The van der Waals surface area contributed by atoms with Crippen LogP contribution in [-0.4, -0.2) is 22.0 Å². The van der Waals surface area contributed by atoms with Crippen molar-refractivity contribution >= 4 is 23.2 Å². The molecule has 3 rings (SSSR count). The number of hydrogen-bond donors (Lipinski definition) is 2. The van der Waals surface area contributed by atoms with Crippen molar-refractivity contribution < 1.29 is 14.7 Å². The molecule has 1 aliphatic carbocycles. The van der Waals surface area contributed by atoms with Crippen LogP contribution in [0, 0.1) is 6.92 Å². The number of aromatic carboxylic acids is 1. The Morgan fingerprint density at radius 2 is 2.04 bits per heavy atom. The zero-order valence-corrected chi connectivity index (χ0v) is 13.9. The molecule has 0 radical (unpaired) electrons. The summed E-state index contributed by atoms with van der Waals surface area (Å²) in [6.07, 6.45) is 3.26. The van der Waals surface area contributed by atoms with Crippen molar-refractivity contribution in [3.8, 4) is 0 Å². The molecule has 0 bridgehead atoms. The second kappa shape index (κ2) is 6.12. The van der Waals surface area contributed by atoms with E-state index in [0.29, 0.717) is 16.3 Å². The second-order valence-corrected chi connectivity index (χ2v) is 6.83. The van der Waals surface area contributed by atoms with E-state index < -0.39 is 5.97 Å². The molecule has 0 aliphatic heterocycles. The summed E-state index contributed by atoms with van der Waals surface area (Å²) in [5, 5.41) is 12.6. The Kier molecular flexibility index (Phi) is 4.17. The Hall–Kier alpha value is -2.21. The van der Waals surface area contributed by atoms with Gasteiger partial charge in [-0.3, -0.25) is 4.79 Å². The zero-order valence-electron chi connectivity index (χ0n) is 13.0. The van der Waals surface area contributed by atoms with E-state index in [2.05, 4.69) is 10.3 Å². The first kappa shape index (κ1) is 15.7. The van der Waals surface area contributed by atoms with E-state index in [4.69, 9.17) is 5.11 Å². The average molecular weight is 330 g/mol. The first-order chi connectivity index (χ1) is 11.0. The van der Waals surface area contributed by atoms with Crippen molar-refractivity contribution in [2.45, 2.75) is 39.2 Å². The van der Waals surface area contributed by atoms with Crippen LogP contribution in [0.1, 0.15) is 61.2 Å². The Balaban J connectivity index is 1.74. The topological polar surface area (TPSA) is 79.3 Å². The maximum Gasteiger partial charge on any atom is 0.347 e. The molecule has 1 aromatic heterocycles. The number of aromatic nitrogens is 1. The quantitative estimate of drug-likeness (QED) is 0.902. The largest absolute Gasteiger partial charge is 0.477 e. The lowest BCUT2D eigenvalue weighted by Crippen LogP contribution is -2.26. The summed E-state index contributed by atoms with van der Waals surface area (Å²) in [7, 11) is 0. The summed E-state index contributed by atoms with van der Waals surface area (Å²) >= 11 is 1.11. The van der Waals surface area contributed by atoms with Gasteiger partial charge in [0.2, 0.25) is 0 Å². The monoisotopic (exact) mass is 330 g/mol. The predicted molar refractivity (Wildman–Crippen MR) is 88.2 cm³/mol. The third-order valence-corrected chi connectivity index (χ3v) is 5.41. The first-order valence-corrected chi connectivity index (χ1v) is 8.40. The van der Waals surface area contributed by atoms with Crippen LogP contribution in [0.4, 0.5) is 0 Å². The number of hydrogen-bond acceptors (Lipinski definition) is 4. The minimum Gasteiger partial charge on any atom is -0.477 e. The molecule has 2 N–H and O–H groups in total. The lowest BCUT2D eigenvalue weighted by Gasteiger charge is -2.12. The summed E-state index contributed by atoms with van der Waals surface area (Å²) in [5.74, 6) is -1.14. The van der Waals surface area contributed by atoms with Gasteiger partial charge in [-0.2, -0.15) is 0 Å². The highest BCUT2D eigenvalue weighted by Gasteiger charge is 2.20. The van der Waals surface area contributed by atoms with E-state index in [-0.39, 0.29) is 16.8 Å². The Bertz CT molecular complexity index is 782. The number of carboxylic acids is 1. The summed E-state index contributed by atoms with van der Waals surface area (Å²) in [6, 6.07) is 5.51. The fraction of sp³-hybridized carbons (Fsp3) is 0.353. The van der Waals surface area contributed by atoms with Crippen molar-refractivity contribution in [1.29, 1.82) is 0 Å². The van der Waals surface area contributed by atoms with Crippen molar-refractivity contribution in [2.75, 3.05) is 0 Å². The summed E-state index contributed by atoms with van der Waals surface area (Å²) in [6.45, 7) is 3.48. The summed E-state index contributed by atoms with van der Waals surface area (Å²) in [5.41, 5.74) is 3.71. The molecule has 6 heteroatoms. The molecule has 1 aromatic carbocycles. The van der Waals surface area contributed by atoms with Gasteiger partial charge in [-0.25, -0.2) is 9.78 Å². The van der Waals surface area contributed by atoms with Gasteiger partial charge in [0.1, 0.15) is 9.88 Å². The SMILES string of the molecule is Cc1nc(C(C)NC(=O)c2ccc3c(c2)CCC3)sc1C(=O)O. The molecule has 5 nitrogen and oxygen atoms in total. The van der Waals surface area contributed by atoms with Gasteiger partial charge in [-0.15, -0.1) is 11.3 Å². The van der Waals surface area contributed by atoms with Gasteiger partial charge >= 0.3 is 5.97 Å². The molecule has 120 valence electrons. The minimum absolute atomic E-state index is 0.156. The van der Waals surface area contributed by atoms with Crippen LogP contribution < -0.4 is 5.32 Å². The zero-order chi connectivity index (χ0) is 16.6. The molecule has 0 spiro atoms. The predicted octanol–water partition coefficient (Wildman–Crippen LogP) is 3.13. The normalized spacial score (nSPS) is 14.3. The number of fused-ring (bicyclic) bond motifs is 1. The van der Waals surface area contributed by atoms with Gasteiger partial charge in [0.05, 0.1) is 11.7 Å². The number of carboxylic acid groups (broad SMARTS) is 1. The second-order valence-electron chi connectivity index (χ2n) is 5.80. The number of amides is 1. The number of carbonyl (C=O) groups is 2. The number of aryl methyl sites for hydroxylation is 3. The van der Waals surface area contributed by atoms with Crippen molar-refractivity contribution in [3.05, 3.63) is 50.5 Å². The van der Waals surface area contributed by atoms with Gasteiger partial charge in [0.15, 0.2) is 0 Å². The summed E-state index contributed by atoms with van der Waals surface area (Å²) < 4.78 is 0. The van der Waals surface area contributed by atoms with Crippen LogP contribution in [0.25, 0.3) is 0 Å². The molecule has 1 amide bonds. The Labute approximate surface area is 138 Å². The molecule has 0 saturated carbocycles. The third-order valence-electron chi connectivity index (χ3n) is 4.09. The maximum atomic E-state index is 12.4. The summed E-state index contributed by atoms with van der Waals surface area (Å²) in [4.78, 5) is 28.0. The van der Waals surface area contributed by atoms with E-state index in [1.54, 1.807) is 6.92 Å². The first-order valence-electron chi connectivity index (χ1n) is 7.59. The van der Waals surface area contributed by atoms with E-state index >= 15 is 0 Å². The van der Waals surface area contributed by atoms with Crippen LogP contribution >= 0.6 is 11.3 Å². The van der Waals surface area contributed by atoms with Crippen molar-refractivity contribution in [3.63, 3.8) is 0 Å². The average Bonchev–Trinajstić information content (AvgIpc) is 3.12. The van der Waals surface area contributed by atoms with Crippen molar-refractivity contribution in [2.24, 2.45) is 0 Å². The molecule has 2 aromatic rings. The molecule has 23 heavy (non-hydrogen) atoms. The third kappa shape index (κ3) is 3.12. The lowest BCUT2D eigenvalue weighted by molar-refractivity contribution is 0.0701. The van der Waals surface area contributed by atoms with Gasteiger partial charge in [-0.1, -0.05) is 6.07 Å². The van der Waals surface area contributed by atoms with Crippen LogP contribution in [-0.2, 0) is 12.8 Å². The van der Waals surface area contributed by atoms with Crippen LogP contribution in [0.5, 0.6) is 0 Å². The molecule has 0 fully saturated rings. The van der Waals surface area contributed by atoms with E-state index in [0.717, 1.165) is 30.6 Å². The minimum atomic E-state index is -0.983. The molecule has 1 aliphatic rings. The highest BCUT2D eigenvalue weighted by molar-refractivity contribution is 7.13. The van der Waals surface area contributed by atoms with Crippen LogP contribution in [0.15, 0.2) is 18.2 Å². The number of rotatable bonds is 4. The fourth-order valence-electron chi connectivity index (χ4n) is 2.86. The van der Waals surface area contributed by atoms with Crippen molar-refractivity contribution in [1.82, 2.24) is 10.3 Å². The Morgan fingerprint density at radius 1 is 1.30 bits per heavy atom. The fourth-order valence-corrected chi connectivity index (χ4v) is 3.76. The van der Waals surface area contributed by atoms with E-state index in [1.807, 2.05) is 25.1 Å². The number of benzene rings is 1. The van der Waals surface area contributed by atoms with Crippen LogP contribution in [0.2, 0.25) is 0 Å². The molecule has 1 heterocycles. The number of carbonyl (C=O) groups excluding carboxylic acids is 1. The molecule has 1 atom stereocenters. The molecule has 0 saturated heterocycles. The smallest absolute Gasteiger partial charge is 0.347 e. The molecule has 1 unspecified atom stereocenters. The van der Waals surface area contributed by atoms with Gasteiger partial charge in [-0.05, 0) is 56.4 Å². The number of nitrogens with one attached hydrogen (secondary N) is 1. The maximum absolute atomic E-state index is 12.4. The standard InChI is InChI=1S/C17H18N2O3S/c1-9-14(17(21)22)23-16(19-9)10(2)18-15(20)13-7-6-11-4-3-5-12(11)8-13/h6-8,10H,3-5H2,1-2H3,(H,18,20)(H,21,22). The molecular formula is C17H18N2O3S.